The zero-order valence-corrected chi connectivity index (χ0v) is 11.8. The Kier molecular flexibility index (Phi) is 4.35. The highest BCUT2D eigenvalue weighted by Crippen LogP contribution is 2.18. The van der Waals surface area contributed by atoms with Gasteiger partial charge in [-0.3, -0.25) is 0 Å². The Morgan fingerprint density at radius 3 is 2.47 bits per heavy atom. The van der Waals surface area contributed by atoms with Gasteiger partial charge in [0, 0.05) is 22.0 Å². The van der Waals surface area contributed by atoms with Crippen LogP contribution in [-0.2, 0) is 0 Å². The summed E-state index contributed by atoms with van der Waals surface area (Å²) >= 11 is 11.0. The van der Waals surface area contributed by atoms with Crippen molar-refractivity contribution in [2.24, 2.45) is 0 Å². The predicted molar refractivity (Wildman–Crippen MR) is 82.4 cm³/mol. The fourth-order valence-corrected chi connectivity index (χ4v) is 1.91. The highest BCUT2D eigenvalue weighted by atomic mass is 35.5. The zero-order valence-electron chi connectivity index (χ0n) is 10.2. The minimum atomic E-state index is -0.265. The highest BCUT2D eigenvalue weighted by molar-refractivity contribution is 7.80. The van der Waals surface area contributed by atoms with Gasteiger partial charge in [0.1, 0.15) is 5.82 Å². The third kappa shape index (κ3) is 3.66. The van der Waals surface area contributed by atoms with Crippen molar-refractivity contribution in [3.63, 3.8) is 0 Å². The molecule has 2 aromatic carbocycles. The molecule has 0 aliphatic carbocycles. The van der Waals surface area contributed by atoms with Gasteiger partial charge in [0.2, 0.25) is 0 Å². The minimum Gasteiger partial charge on any atom is -0.332 e. The maximum Gasteiger partial charge on any atom is 0.175 e. The highest BCUT2D eigenvalue weighted by Gasteiger charge is 2.05. The van der Waals surface area contributed by atoms with Crippen LogP contribution in [0.4, 0.5) is 15.8 Å². The molecule has 0 amide bonds. The lowest BCUT2D eigenvalue weighted by molar-refractivity contribution is 0.619. The first kappa shape index (κ1) is 13.8. The molecule has 0 saturated heterocycles. The van der Waals surface area contributed by atoms with Gasteiger partial charge in [-0.1, -0.05) is 17.7 Å². The number of anilines is 2. The number of hydrogen-bond acceptors (Lipinski definition) is 1. The number of nitrogens with one attached hydrogen (secondary N) is 2. The molecular formula is C14H12ClFN2S. The van der Waals surface area contributed by atoms with E-state index in [0.717, 1.165) is 5.69 Å². The van der Waals surface area contributed by atoms with Gasteiger partial charge in [0.05, 0.1) is 0 Å². The Hall–Kier alpha value is -1.65. The Morgan fingerprint density at radius 1 is 1.11 bits per heavy atom. The fourth-order valence-electron chi connectivity index (χ4n) is 1.56. The largest absolute Gasteiger partial charge is 0.332 e. The third-order valence-electron chi connectivity index (χ3n) is 2.62. The Labute approximate surface area is 121 Å². The van der Waals surface area contributed by atoms with Gasteiger partial charge >= 0.3 is 0 Å². The smallest absolute Gasteiger partial charge is 0.175 e. The number of halogens is 2. The van der Waals surface area contributed by atoms with Crippen molar-refractivity contribution in [2.45, 2.75) is 6.92 Å². The number of benzene rings is 2. The molecule has 0 aliphatic rings. The topological polar surface area (TPSA) is 24.1 Å². The molecule has 0 unspecified atom stereocenters. The van der Waals surface area contributed by atoms with Gasteiger partial charge in [0.25, 0.3) is 0 Å². The third-order valence-corrected chi connectivity index (χ3v) is 3.07. The van der Waals surface area contributed by atoms with Crippen LogP contribution in [0.25, 0.3) is 0 Å². The van der Waals surface area contributed by atoms with Crippen molar-refractivity contribution in [1.29, 1.82) is 0 Å². The molecule has 5 heteroatoms. The summed E-state index contributed by atoms with van der Waals surface area (Å²) in [6.07, 6.45) is 0. The van der Waals surface area contributed by atoms with E-state index in [9.17, 15) is 4.39 Å². The number of thiocarbonyl (C=S) groups is 1. The normalized spacial score (nSPS) is 10.1. The van der Waals surface area contributed by atoms with E-state index in [4.69, 9.17) is 23.8 Å². The molecule has 2 N–H and O–H groups in total. The summed E-state index contributed by atoms with van der Waals surface area (Å²) in [7, 11) is 0. The molecule has 98 valence electrons. The SMILES string of the molecule is Cc1c(F)cccc1NC(=S)Nc1ccc(Cl)cc1. The van der Waals surface area contributed by atoms with E-state index in [1.54, 1.807) is 31.2 Å². The molecular weight excluding hydrogens is 283 g/mol. The molecule has 0 aromatic heterocycles. The fraction of sp³-hybridized carbons (Fsp3) is 0.0714. The van der Waals surface area contributed by atoms with Crippen LogP contribution in [0, 0.1) is 12.7 Å². The second-order valence-electron chi connectivity index (χ2n) is 4.00. The molecule has 0 aliphatic heterocycles. The van der Waals surface area contributed by atoms with E-state index in [1.165, 1.54) is 6.07 Å². The van der Waals surface area contributed by atoms with Crippen LogP contribution < -0.4 is 10.6 Å². The molecule has 0 saturated carbocycles. The first-order chi connectivity index (χ1) is 9.06. The van der Waals surface area contributed by atoms with E-state index in [-0.39, 0.29) is 5.82 Å². The van der Waals surface area contributed by atoms with Gasteiger partial charge in [-0.25, -0.2) is 4.39 Å². The van der Waals surface area contributed by atoms with Gasteiger partial charge in [-0.15, -0.1) is 0 Å². The monoisotopic (exact) mass is 294 g/mol. The lowest BCUT2D eigenvalue weighted by Crippen LogP contribution is -2.19. The molecule has 0 heterocycles. The summed E-state index contributed by atoms with van der Waals surface area (Å²) in [5.41, 5.74) is 1.99. The second-order valence-corrected chi connectivity index (χ2v) is 4.84. The molecule has 2 rings (SSSR count). The average Bonchev–Trinajstić information content (AvgIpc) is 2.38. The summed E-state index contributed by atoms with van der Waals surface area (Å²) < 4.78 is 13.4. The van der Waals surface area contributed by atoms with Crippen LogP contribution in [0.5, 0.6) is 0 Å². The van der Waals surface area contributed by atoms with Crippen molar-refractivity contribution in [2.75, 3.05) is 10.6 Å². The predicted octanol–water partition coefficient (Wildman–Crippen LogP) is 4.60. The number of rotatable bonds is 2. The van der Waals surface area contributed by atoms with Crippen LogP contribution in [-0.4, -0.2) is 5.11 Å². The lowest BCUT2D eigenvalue weighted by Gasteiger charge is -2.12. The van der Waals surface area contributed by atoms with Gasteiger partial charge in [0.15, 0.2) is 5.11 Å². The second kappa shape index (κ2) is 5.99. The molecule has 19 heavy (non-hydrogen) atoms. The first-order valence-corrected chi connectivity index (χ1v) is 6.43. The summed E-state index contributed by atoms with van der Waals surface area (Å²) in [6.45, 7) is 1.70. The molecule has 0 radical (unpaired) electrons. The molecule has 0 atom stereocenters. The van der Waals surface area contributed by atoms with E-state index < -0.39 is 0 Å². The summed E-state index contributed by atoms with van der Waals surface area (Å²) in [5.74, 6) is -0.265. The van der Waals surface area contributed by atoms with E-state index in [0.29, 0.717) is 21.4 Å². The maximum absolute atomic E-state index is 13.4. The van der Waals surface area contributed by atoms with E-state index >= 15 is 0 Å². The van der Waals surface area contributed by atoms with Crippen molar-refractivity contribution >= 4 is 40.3 Å². The molecule has 0 spiro atoms. The maximum atomic E-state index is 13.4. The summed E-state index contributed by atoms with van der Waals surface area (Å²) in [5, 5.41) is 7.02. The Morgan fingerprint density at radius 2 is 1.79 bits per heavy atom. The van der Waals surface area contributed by atoms with Crippen molar-refractivity contribution < 1.29 is 4.39 Å². The van der Waals surface area contributed by atoms with Crippen LogP contribution >= 0.6 is 23.8 Å². The Bertz CT molecular complexity index is 599. The quantitative estimate of drug-likeness (QED) is 0.792. The summed E-state index contributed by atoms with van der Waals surface area (Å²) in [6, 6.07) is 12.0. The van der Waals surface area contributed by atoms with Gasteiger partial charge in [-0.05, 0) is 55.5 Å². The van der Waals surface area contributed by atoms with Crippen LogP contribution in [0.3, 0.4) is 0 Å². The van der Waals surface area contributed by atoms with Crippen molar-refractivity contribution in [3.8, 4) is 0 Å². The minimum absolute atomic E-state index is 0.265. The Balaban J connectivity index is 2.05. The zero-order chi connectivity index (χ0) is 13.8. The van der Waals surface area contributed by atoms with Crippen molar-refractivity contribution in [1.82, 2.24) is 0 Å². The van der Waals surface area contributed by atoms with Crippen molar-refractivity contribution in [3.05, 3.63) is 58.9 Å². The molecule has 0 fully saturated rings. The average molecular weight is 295 g/mol. The lowest BCUT2D eigenvalue weighted by atomic mass is 10.2. The van der Waals surface area contributed by atoms with Crippen LogP contribution in [0.2, 0.25) is 5.02 Å². The molecule has 2 nitrogen and oxygen atoms in total. The molecule has 2 aromatic rings. The summed E-state index contributed by atoms with van der Waals surface area (Å²) in [4.78, 5) is 0. The standard InChI is InChI=1S/C14H12ClFN2S/c1-9-12(16)3-2-4-13(9)18-14(19)17-11-7-5-10(15)6-8-11/h2-8H,1H3,(H2,17,18,19). The van der Waals surface area contributed by atoms with E-state index in [2.05, 4.69) is 10.6 Å². The van der Waals surface area contributed by atoms with Gasteiger partial charge < -0.3 is 10.6 Å². The van der Waals surface area contributed by atoms with Gasteiger partial charge in [-0.2, -0.15) is 0 Å². The number of hydrogen-bond donors (Lipinski definition) is 2. The van der Waals surface area contributed by atoms with Crippen LogP contribution in [0.15, 0.2) is 42.5 Å². The first-order valence-electron chi connectivity index (χ1n) is 5.65. The van der Waals surface area contributed by atoms with E-state index in [1.807, 2.05) is 12.1 Å². The van der Waals surface area contributed by atoms with Crippen LogP contribution in [0.1, 0.15) is 5.56 Å². The molecule has 0 bridgehead atoms.